The van der Waals surface area contributed by atoms with E-state index >= 15 is 0 Å². The lowest BCUT2D eigenvalue weighted by Gasteiger charge is -2.04. The van der Waals surface area contributed by atoms with Crippen LogP contribution in [0.25, 0.3) is 10.4 Å². The lowest BCUT2D eigenvalue weighted by Crippen LogP contribution is -2.08. The highest BCUT2D eigenvalue weighted by molar-refractivity contribution is 7.15. The molecule has 0 amide bonds. The van der Waals surface area contributed by atoms with E-state index in [-0.39, 0.29) is 6.04 Å². The molecule has 2 aromatic rings. The monoisotopic (exact) mass is 237 g/mol. The molecule has 2 N–H and O–H groups in total. The minimum atomic E-state index is 0.0453. The number of hydrogen-bond acceptors (Lipinski definition) is 5. The van der Waals surface area contributed by atoms with Crippen molar-refractivity contribution in [2.45, 2.75) is 32.7 Å². The van der Waals surface area contributed by atoms with E-state index in [1.54, 1.807) is 17.5 Å². The maximum Gasteiger partial charge on any atom is 0.142 e. The number of aromatic nitrogens is 2. The van der Waals surface area contributed by atoms with E-state index in [0.29, 0.717) is 0 Å². The van der Waals surface area contributed by atoms with E-state index in [1.807, 2.05) is 13.1 Å². The van der Waals surface area contributed by atoms with Crippen molar-refractivity contribution in [3.8, 4) is 10.4 Å². The minimum Gasteiger partial charge on any atom is -0.361 e. The van der Waals surface area contributed by atoms with Crippen LogP contribution in [-0.4, -0.2) is 10.1 Å². The molecule has 1 unspecified atom stereocenters. The van der Waals surface area contributed by atoms with Gasteiger partial charge in [0.2, 0.25) is 0 Å². The normalized spacial score (nSPS) is 12.9. The molecule has 0 saturated carbocycles. The molecule has 0 spiro atoms. The minimum absolute atomic E-state index is 0.0453. The van der Waals surface area contributed by atoms with Gasteiger partial charge in [0.05, 0.1) is 22.7 Å². The zero-order valence-corrected chi connectivity index (χ0v) is 10.3. The molecule has 86 valence electrons. The summed E-state index contributed by atoms with van der Waals surface area (Å²) in [5, 5.41) is 4.74. The third-order valence-electron chi connectivity index (χ3n) is 2.46. The van der Waals surface area contributed by atoms with Crippen LogP contribution in [0, 0.1) is 6.92 Å². The van der Waals surface area contributed by atoms with Crippen molar-refractivity contribution in [3.05, 3.63) is 23.2 Å². The van der Waals surface area contributed by atoms with Crippen LogP contribution in [-0.2, 0) is 0 Å². The predicted molar refractivity (Wildman–Crippen MR) is 64.2 cm³/mol. The zero-order valence-electron chi connectivity index (χ0n) is 9.43. The van der Waals surface area contributed by atoms with Crippen LogP contribution >= 0.6 is 11.3 Å². The first kappa shape index (κ1) is 11.3. The summed E-state index contributed by atoms with van der Waals surface area (Å²) in [6, 6.07) is 0.0453. The van der Waals surface area contributed by atoms with E-state index in [4.69, 9.17) is 10.3 Å². The highest BCUT2D eigenvalue weighted by atomic mass is 32.1. The van der Waals surface area contributed by atoms with Gasteiger partial charge in [0.15, 0.2) is 0 Å². The van der Waals surface area contributed by atoms with Gasteiger partial charge in [-0.1, -0.05) is 18.5 Å². The Balaban J connectivity index is 2.23. The molecule has 2 rings (SSSR count). The van der Waals surface area contributed by atoms with Gasteiger partial charge in [-0.3, -0.25) is 0 Å². The largest absolute Gasteiger partial charge is 0.361 e. The summed E-state index contributed by atoms with van der Waals surface area (Å²) >= 11 is 1.62. The van der Waals surface area contributed by atoms with Crippen LogP contribution in [0.3, 0.4) is 0 Å². The van der Waals surface area contributed by atoms with Crippen molar-refractivity contribution in [1.82, 2.24) is 10.1 Å². The molecule has 0 aliphatic rings. The van der Waals surface area contributed by atoms with Gasteiger partial charge in [-0.25, -0.2) is 4.98 Å². The van der Waals surface area contributed by atoms with Crippen LogP contribution in [0.4, 0.5) is 0 Å². The van der Waals surface area contributed by atoms with Crippen molar-refractivity contribution >= 4 is 11.3 Å². The van der Waals surface area contributed by atoms with Crippen molar-refractivity contribution in [2.24, 2.45) is 5.73 Å². The molecule has 1 atom stereocenters. The van der Waals surface area contributed by atoms with Crippen molar-refractivity contribution in [1.29, 1.82) is 0 Å². The standard InChI is InChI=1S/C11H15N3OS/c1-3-4-9(12)11-13-6-10(16-11)8-5-14-15-7(8)2/h5-6,9H,3-4,12H2,1-2H3. The van der Waals surface area contributed by atoms with Crippen LogP contribution < -0.4 is 5.73 Å². The van der Waals surface area contributed by atoms with Gasteiger partial charge >= 0.3 is 0 Å². The van der Waals surface area contributed by atoms with E-state index < -0.39 is 0 Å². The molecule has 2 heterocycles. The molecule has 16 heavy (non-hydrogen) atoms. The topological polar surface area (TPSA) is 64.9 Å². The summed E-state index contributed by atoms with van der Waals surface area (Å²) in [7, 11) is 0. The lowest BCUT2D eigenvalue weighted by atomic mass is 10.2. The number of rotatable bonds is 4. The average Bonchev–Trinajstić information content (AvgIpc) is 2.86. The molecule has 2 aromatic heterocycles. The second kappa shape index (κ2) is 4.76. The fourth-order valence-corrected chi connectivity index (χ4v) is 2.57. The molecule has 0 fully saturated rings. The summed E-state index contributed by atoms with van der Waals surface area (Å²) in [6.45, 7) is 4.02. The van der Waals surface area contributed by atoms with Gasteiger partial charge in [0.25, 0.3) is 0 Å². The third kappa shape index (κ3) is 2.15. The van der Waals surface area contributed by atoms with Crippen LogP contribution in [0.2, 0.25) is 0 Å². The van der Waals surface area contributed by atoms with Gasteiger partial charge in [-0.15, -0.1) is 11.3 Å². The molecule has 0 bridgehead atoms. The molecule has 0 aliphatic carbocycles. The summed E-state index contributed by atoms with van der Waals surface area (Å²) in [5.41, 5.74) is 7.03. The van der Waals surface area contributed by atoms with Gasteiger partial charge in [0, 0.05) is 6.20 Å². The first-order valence-electron chi connectivity index (χ1n) is 5.35. The number of thiazole rings is 1. The van der Waals surface area contributed by atoms with E-state index in [0.717, 1.165) is 34.1 Å². The predicted octanol–water partition coefficient (Wildman–Crippen LogP) is 2.91. The molecule has 5 heteroatoms. The third-order valence-corrected chi connectivity index (χ3v) is 3.62. The number of aryl methyl sites for hydroxylation is 1. The Morgan fingerprint density at radius 2 is 2.31 bits per heavy atom. The smallest absolute Gasteiger partial charge is 0.142 e. The maximum absolute atomic E-state index is 6.02. The summed E-state index contributed by atoms with van der Waals surface area (Å²) in [4.78, 5) is 5.43. The summed E-state index contributed by atoms with van der Waals surface area (Å²) < 4.78 is 5.03. The Kier molecular flexibility index (Phi) is 3.36. The average molecular weight is 237 g/mol. The summed E-state index contributed by atoms with van der Waals surface area (Å²) in [5.74, 6) is 0.819. The zero-order chi connectivity index (χ0) is 11.5. The second-order valence-electron chi connectivity index (χ2n) is 3.75. The Hall–Kier alpha value is -1.20. The molecular formula is C11H15N3OS. The van der Waals surface area contributed by atoms with Crippen molar-refractivity contribution < 1.29 is 4.52 Å². The maximum atomic E-state index is 6.02. The first-order valence-corrected chi connectivity index (χ1v) is 6.17. The van der Waals surface area contributed by atoms with Crippen LogP contribution in [0.5, 0.6) is 0 Å². The SMILES string of the molecule is CCCC(N)c1ncc(-c2cnoc2C)s1. The summed E-state index contributed by atoms with van der Waals surface area (Å²) in [6.07, 6.45) is 5.60. The Morgan fingerprint density at radius 3 is 2.94 bits per heavy atom. The van der Waals surface area contributed by atoms with Crippen LogP contribution in [0.1, 0.15) is 36.6 Å². The lowest BCUT2D eigenvalue weighted by molar-refractivity contribution is 0.398. The number of nitrogens with two attached hydrogens (primary N) is 1. The molecule has 0 aliphatic heterocycles. The highest BCUT2D eigenvalue weighted by Crippen LogP contribution is 2.31. The Labute approximate surface area is 98.5 Å². The quantitative estimate of drug-likeness (QED) is 0.888. The number of hydrogen-bond donors (Lipinski definition) is 1. The van der Waals surface area contributed by atoms with Gasteiger partial charge in [-0.2, -0.15) is 0 Å². The van der Waals surface area contributed by atoms with Crippen molar-refractivity contribution in [2.75, 3.05) is 0 Å². The van der Waals surface area contributed by atoms with Gasteiger partial charge in [-0.05, 0) is 13.3 Å². The fourth-order valence-electron chi connectivity index (χ4n) is 1.55. The van der Waals surface area contributed by atoms with Crippen LogP contribution in [0.15, 0.2) is 16.9 Å². The molecule has 0 radical (unpaired) electrons. The molecule has 0 saturated heterocycles. The van der Waals surface area contributed by atoms with E-state index in [9.17, 15) is 0 Å². The molecule has 4 nitrogen and oxygen atoms in total. The van der Waals surface area contributed by atoms with E-state index in [1.165, 1.54) is 0 Å². The Morgan fingerprint density at radius 1 is 1.50 bits per heavy atom. The second-order valence-corrected chi connectivity index (χ2v) is 4.82. The van der Waals surface area contributed by atoms with E-state index in [2.05, 4.69) is 17.1 Å². The molecule has 0 aromatic carbocycles. The van der Waals surface area contributed by atoms with Gasteiger partial charge in [0.1, 0.15) is 10.8 Å². The molecular weight excluding hydrogens is 222 g/mol. The van der Waals surface area contributed by atoms with Crippen molar-refractivity contribution in [3.63, 3.8) is 0 Å². The van der Waals surface area contributed by atoms with Gasteiger partial charge < -0.3 is 10.3 Å². The fraction of sp³-hybridized carbons (Fsp3) is 0.455. The Bertz CT molecular complexity index is 463. The highest BCUT2D eigenvalue weighted by Gasteiger charge is 2.13. The first-order chi connectivity index (χ1) is 7.72. The number of nitrogens with zero attached hydrogens (tertiary/aromatic N) is 2.